The molecule has 0 fully saturated rings. The van der Waals surface area contributed by atoms with Crippen LogP contribution in [0.25, 0.3) is 0 Å². The lowest BCUT2D eigenvalue weighted by Crippen LogP contribution is -2.18. The highest BCUT2D eigenvalue weighted by atomic mass is 16.6. The Morgan fingerprint density at radius 1 is 1.00 bits per heavy atom. The van der Waals surface area contributed by atoms with E-state index < -0.39 is 6.09 Å². The van der Waals surface area contributed by atoms with Gasteiger partial charge in [0.25, 0.3) is 0 Å². The lowest BCUT2D eigenvalue weighted by Gasteiger charge is -2.12. The smallest absolute Gasteiger partial charge is 0.410 e. The largest absolute Gasteiger partial charge is 0.417 e. The minimum Gasteiger partial charge on any atom is -0.410 e. The van der Waals surface area contributed by atoms with Gasteiger partial charge in [-0.1, -0.05) is 35.9 Å². The minimum atomic E-state index is -0.471. The molecule has 0 saturated heterocycles. The number of benzene rings is 2. The zero-order chi connectivity index (χ0) is 13.8. The van der Waals surface area contributed by atoms with Gasteiger partial charge >= 0.3 is 6.09 Å². The molecule has 2 aromatic rings. The predicted molar refractivity (Wildman–Crippen MR) is 76.7 cm³/mol. The normalized spacial score (nSPS) is 10.1. The third-order valence-electron chi connectivity index (χ3n) is 2.86. The van der Waals surface area contributed by atoms with Crippen LogP contribution >= 0.6 is 0 Å². The van der Waals surface area contributed by atoms with Gasteiger partial charge in [-0.15, -0.1) is 0 Å². The SMILES string of the molecule is Cc1cc(C)c(NC(=O)Oc2ccccc2)c(C)c1. The first kappa shape index (κ1) is 13.1. The summed E-state index contributed by atoms with van der Waals surface area (Å²) in [6.45, 7) is 5.97. The van der Waals surface area contributed by atoms with Gasteiger partial charge in [-0.25, -0.2) is 4.79 Å². The summed E-state index contributed by atoms with van der Waals surface area (Å²) in [6.07, 6.45) is -0.471. The van der Waals surface area contributed by atoms with E-state index in [4.69, 9.17) is 4.74 Å². The maximum absolute atomic E-state index is 11.8. The van der Waals surface area contributed by atoms with Crippen LogP contribution < -0.4 is 10.1 Å². The first-order valence-electron chi connectivity index (χ1n) is 6.18. The Morgan fingerprint density at radius 3 is 2.16 bits per heavy atom. The average molecular weight is 255 g/mol. The van der Waals surface area contributed by atoms with Gasteiger partial charge in [0.15, 0.2) is 0 Å². The Kier molecular flexibility index (Phi) is 3.85. The molecule has 3 nitrogen and oxygen atoms in total. The number of nitrogens with one attached hydrogen (secondary N) is 1. The highest BCUT2D eigenvalue weighted by Gasteiger charge is 2.09. The second kappa shape index (κ2) is 5.57. The Labute approximate surface area is 113 Å². The molecular formula is C16H17NO2. The molecule has 0 spiro atoms. The molecule has 0 saturated carbocycles. The van der Waals surface area contributed by atoms with Gasteiger partial charge in [0.2, 0.25) is 0 Å². The summed E-state index contributed by atoms with van der Waals surface area (Å²) in [6, 6.07) is 13.1. The van der Waals surface area contributed by atoms with Crippen molar-refractivity contribution in [3.63, 3.8) is 0 Å². The van der Waals surface area contributed by atoms with E-state index in [1.54, 1.807) is 12.1 Å². The Morgan fingerprint density at radius 2 is 1.58 bits per heavy atom. The first-order valence-corrected chi connectivity index (χ1v) is 6.18. The van der Waals surface area contributed by atoms with Gasteiger partial charge in [-0.2, -0.15) is 0 Å². The minimum absolute atomic E-state index is 0.471. The molecule has 2 rings (SSSR count). The summed E-state index contributed by atoms with van der Waals surface area (Å²) >= 11 is 0. The number of hydrogen-bond acceptors (Lipinski definition) is 2. The molecule has 0 aromatic heterocycles. The zero-order valence-corrected chi connectivity index (χ0v) is 11.4. The van der Waals surface area contributed by atoms with Crippen LogP contribution in [0.3, 0.4) is 0 Å². The number of hydrogen-bond donors (Lipinski definition) is 1. The van der Waals surface area contributed by atoms with E-state index >= 15 is 0 Å². The number of rotatable bonds is 2. The quantitative estimate of drug-likeness (QED) is 0.872. The zero-order valence-electron chi connectivity index (χ0n) is 11.4. The van der Waals surface area contributed by atoms with E-state index in [0.29, 0.717) is 5.75 Å². The molecule has 98 valence electrons. The van der Waals surface area contributed by atoms with E-state index in [1.165, 1.54) is 5.56 Å². The number of anilines is 1. The van der Waals surface area contributed by atoms with Gasteiger partial charge in [0.05, 0.1) is 0 Å². The van der Waals surface area contributed by atoms with Crippen LogP contribution in [0.4, 0.5) is 10.5 Å². The van der Waals surface area contributed by atoms with Crippen LogP contribution in [0.15, 0.2) is 42.5 Å². The second-order valence-electron chi connectivity index (χ2n) is 4.60. The fraction of sp³-hybridized carbons (Fsp3) is 0.188. The Balaban J connectivity index is 2.12. The molecule has 0 atom stereocenters. The van der Waals surface area contributed by atoms with Crippen molar-refractivity contribution in [1.29, 1.82) is 0 Å². The molecule has 3 heteroatoms. The highest BCUT2D eigenvalue weighted by molar-refractivity contribution is 5.88. The Hall–Kier alpha value is -2.29. The van der Waals surface area contributed by atoms with E-state index in [1.807, 2.05) is 51.1 Å². The molecule has 0 bridgehead atoms. The number of ether oxygens (including phenoxy) is 1. The molecule has 19 heavy (non-hydrogen) atoms. The molecule has 0 radical (unpaired) electrons. The lowest BCUT2D eigenvalue weighted by atomic mass is 10.1. The van der Waals surface area contributed by atoms with Crippen molar-refractivity contribution in [2.75, 3.05) is 5.32 Å². The predicted octanol–water partition coefficient (Wildman–Crippen LogP) is 4.22. The standard InChI is InChI=1S/C16H17NO2/c1-11-9-12(2)15(13(3)10-11)17-16(18)19-14-7-5-4-6-8-14/h4-10H,1-3H3,(H,17,18). The summed E-state index contributed by atoms with van der Waals surface area (Å²) in [5.41, 5.74) is 4.05. The molecular weight excluding hydrogens is 238 g/mol. The molecule has 0 unspecified atom stereocenters. The van der Waals surface area contributed by atoms with E-state index in [9.17, 15) is 4.79 Å². The number of amides is 1. The van der Waals surface area contributed by atoms with Crippen molar-refractivity contribution in [3.8, 4) is 5.75 Å². The summed E-state index contributed by atoms with van der Waals surface area (Å²) in [5.74, 6) is 0.530. The summed E-state index contributed by atoms with van der Waals surface area (Å²) in [4.78, 5) is 11.8. The Bertz CT molecular complexity index is 568. The third-order valence-corrected chi connectivity index (χ3v) is 2.86. The number of carbonyl (C=O) groups is 1. The third kappa shape index (κ3) is 3.35. The summed E-state index contributed by atoms with van der Waals surface area (Å²) in [5, 5.41) is 2.79. The van der Waals surface area contributed by atoms with Crippen molar-refractivity contribution in [3.05, 3.63) is 59.2 Å². The van der Waals surface area contributed by atoms with Crippen LogP contribution in [0.2, 0.25) is 0 Å². The number of carbonyl (C=O) groups excluding carboxylic acids is 1. The maximum Gasteiger partial charge on any atom is 0.417 e. The molecule has 0 heterocycles. The van der Waals surface area contributed by atoms with Gasteiger partial charge < -0.3 is 4.74 Å². The van der Waals surface area contributed by atoms with Crippen molar-refractivity contribution >= 4 is 11.8 Å². The van der Waals surface area contributed by atoms with Crippen molar-refractivity contribution in [2.45, 2.75) is 20.8 Å². The molecule has 1 N–H and O–H groups in total. The highest BCUT2D eigenvalue weighted by Crippen LogP contribution is 2.22. The van der Waals surface area contributed by atoms with Crippen LogP contribution in [0.1, 0.15) is 16.7 Å². The summed E-state index contributed by atoms with van der Waals surface area (Å²) in [7, 11) is 0. The monoisotopic (exact) mass is 255 g/mol. The fourth-order valence-electron chi connectivity index (χ4n) is 2.10. The van der Waals surface area contributed by atoms with Gasteiger partial charge in [0.1, 0.15) is 5.75 Å². The average Bonchev–Trinajstić information content (AvgIpc) is 2.35. The topological polar surface area (TPSA) is 38.3 Å². The molecule has 1 amide bonds. The number of aryl methyl sites for hydroxylation is 3. The van der Waals surface area contributed by atoms with E-state index in [2.05, 4.69) is 5.32 Å². The fourth-order valence-corrected chi connectivity index (χ4v) is 2.10. The summed E-state index contributed by atoms with van der Waals surface area (Å²) < 4.78 is 5.21. The van der Waals surface area contributed by atoms with Gasteiger partial charge in [0, 0.05) is 5.69 Å². The second-order valence-corrected chi connectivity index (χ2v) is 4.60. The van der Waals surface area contributed by atoms with Crippen molar-refractivity contribution < 1.29 is 9.53 Å². The number of para-hydroxylation sites is 1. The van der Waals surface area contributed by atoms with Crippen LogP contribution in [-0.2, 0) is 0 Å². The van der Waals surface area contributed by atoms with E-state index in [0.717, 1.165) is 16.8 Å². The van der Waals surface area contributed by atoms with E-state index in [-0.39, 0.29) is 0 Å². The van der Waals surface area contributed by atoms with Crippen molar-refractivity contribution in [1.82, 2.24) is 0 Å². The first-order chi connectivity index (χ1) is 9.06. The van der Waals surface area contributed by atoms with Gasteiger partial charge in [-0.05, 0) is 44.0 Å². The van der Waals surface area contributed by atoms with Crippen LogP contribution in [0.5, 0.6) is 5.75 Å². The molecule has 0 aliphatic rings. The molecule has 0 aliphatic heterocycles. The maximum atomic E-state index is 11.8. The molecule has 2 aromatic carbocycles. The van der Waals surface area contributed by atoms with Gasteiger partial charge in [-0.3, -0.25) is 5.32 Å². The lowest BCUT2D eigenvalue weighted by molar-refractivity contribution is 0.215. The van der Waals surface area contributed by atoms with Crippen LogP contribution in [-0.4, -0.2) is 6.09 Å². The van der Waals surface area contributed by atoms with Crippen molar-refractivity contribution in [2.24, 2.45) is 0 Å². The molecule has 0 aliphatic carbocycles. The van der Waals surface area contributed by atoms with Crippen LogP contribution in [0, 0.1) is 20.8 Å².